The minimum absolute atomic E-state index is 0. The van der Waals surface area contributed by atoms with Crippen molar-refractivity contribution in [2.75, 3.05) is 124 Å². The summed E-state index contributed by atoms with van der Waals surface area (Å²) < 4.78 is 284. The zero-order valence-electron chi connectivity index (χ0n) is 47.2. The van der Waals surface area contributed by atoms with Gasteiger partial charge in [0.2, 0.25) is 0 Å². The van der Waals surface area contributed by atoms with E-state index in [4.69, 9.17) is 0 Å². The zero-order valence-corrected chi connectivity index (χ0v) is 50.5. The van der Waals surface area contributed by atoms with Crippen LogP contribution >= 0.6 is 0 Å². The first kappa shape index (κ1) is 69.1. The Labute approximate surface area is 541 Å². The summed E-state index contributed by atoms with van der Waals surface area (Å²) in [5.74, 6) is -38.1. The fourth-order valence-corrected chi connectivity index (χ4v) is 12.3. The molecular weight excluding hydrogens is 1350 g/mol. The topological polar surface area (TPSA) is 108 Å². The van der Waals surface area contributed by atoms with Crippen LogP contribution in [0.1, 0.15) is 22.8 Å². The van der Waals surface area contributed by atoms with Gasteiger partial charge in [0.25, 0.3) is 0 Å². The third kappa shape index (κ3) is 11.5. The van der Waals surface area contributed by atoms with Crippen molar-refractivity contribution >= 4 is 69.1 Å². The molecule has 9 heterocycles. The van der Waals surface area contributed by atoms with Gasteiger partial charge in [0.1, 0.15) is 28.4 Å². The number of nitrogens with zero attached hydrogens (tertiary/aromatic N) is 7. The average Bonchev–Trinajstić information content (AvgIpc) is 1.51. The fraction of sp³-hybridized carbons (Fsp3) is 0.267. The van der Waals surface area contributed by atoms with Crippen LogP contribution < -0.4 is 78.1 Å². The molecule has 0 saturated carbocycles. The van der Waals surface area contributed by atoms with Gasteiger partial charge in [-0.1, -0.05) is 0 Å². The summed E-state index contributed by atoms with van der Waals surface area (Å²) in [6.45, 7) is -2.53. The number of hydrogen-bond acceptors (Lipinski definition) is 10. The molecule has 0 unspecified atom stereocenters. The Kier molecular flexibility index (Phi) is 20.6. The molecule has 92 heavy (non-hydrogen) atoms. The number of hydrogen-bond donors (Lipinski definition) is 5. The van der Waals surface area contributed by atoms with Crippen molar-refractivity contribution in [2.45, 2.75) is 0 Å². The van der Waals surface area contributed by atoms with Gasteiger partial charge in [0, 0.05) is 132 Å². The van der Waals surface area contributed by atoms with Crippen molar-refractivity contribution in [1.29, 1.82) is 0 Å². The molecule has 1 radical (unpaired) electrons. The van der Waals surface area contributed by atoms with E-state index in [0.29, 0.717) is 11.6 Å². The standard InChI is InChI=1S/C60H46F16N12.3ClH.Fe/c61-39-36(40(62)46(68)56(45(39)67)84-15-7-77-8-16-84)33-31-6-5-29(83-31)24-28-2-1-26(81-28)23-27-3-4-30(82-27)25-32-34(37-41(63)47(69)57(48(70)42(37)64)85-17-9-78-10-18-85)35(38-43(65)49(71)58(50(72)44(38)66)86-19-11-79-12-20-86)55(33)88(32)60-53(75)51(73)59(52(74)54(60)76)87-21-13-80-14-22-87;;;;/h1-6,23-25,77-81H,7-22H2;3*1H;/q;;;;+3/p-3. The van der Waals surface area contributed by atoms with Crippen LogP contribution in [0.2, 0.25) is 0 Å². The molecule has 0 atom stereocenters. The van der Waals surface area contributed by atoms with Crippen LogP contribution in [0.25, 0.3) is 85.4 Å². The number of anilines is 4. The van der Waals surface area contributed by atoms with E-state index in [2.05, 4.69) is 36.2 Å². The second-order valence-electron chi connectivity index (χ2n) is 21.4. The molecule has 4 aromatic carbocycles. The largest absolute Gasteiger partial charge is 3.00 e. The number of H-pyrrole nitrogens is 1. The number of aromatic amines is 1. The average molecular weight is 1400 g/mol. The Morgan fingerprint density at radius 1 is 0.304 bits per heavy atom. The van der Waals surface area contributed by atoms with Gasteiger partial charge in [-0.2, -0.15) is 0 Å². The first-order valence-corrected chi connectivity index (χ1v) is 27.8. The monoisotopic (exact) mass is 1400 g/mol. The van der Waals surface area contributed by atoms with Crippen LogP contribution in [0, 0.1) is 93.1 Å². The van der Waals surface area contributed by atoms with Crippen LogP contribution in [-0.4, -0.2) is 124 Å². The SMILES string of the molecule is Fc1c(F)c(N2CCNCC2)c(F)c(F)c1-c1c(-c2c(F)c(F)c(N3CCNCC3)c(F)c2F)c2c(-c3c(F)c(F)c(N4CCNCC4)c(F)c3F)c3nc(cc4ccc(cc5nc(cc1n2-c1c(F)c(F)c(N2CCNCC2)c(F)c1F)C=C5)[nH]4)C=C3.[Cl-].[Cl-].[Cl-].[Fe+3]. The summed E-state index contributed by atoms with van der Waals surface area (Å²) in [5.41, 5.74) is -24.2. The molecule has 487 valence electrons. The minimum Gasteiger partial charge on any atom is -1.00 e. The number of benzene rings is 4. The van der Waals surface area contributed by atoms with Crippen LogP contribution in [0.5, 0.6) is 0 Å². The van der Waals surface area contributed by atoms with Crippen molar-refractivity contribution in [1.82, 2.24) is 40.8 Å². The van der Waals surface area contributed by atoms with Gasteiger partial charge in [0.05, 0.1) is 50.5 Å². The Hall–Kier alpha value is -7.21. The van der Waals surface area contributed by atoms with E-state index in [1.807, 2.05) is 0 Å². The summed E-state index contributed by atoms with van der Waals surface area (Å²) in [7, 11) is 0. The third-order valence-corrected chi connectivity index (χ3v) is 16.3. The molecule has 0 aliphatic carbocycles. The minimum atomic E-state index is -2.57. The maximum absolute atomic E-state index is 18.2. The molecule has 5 N–H and O–H groups in total. The quantitative estimate of drug-likeness (QED) is 0.0883. The Morgan fingerprint density at radius 3 is 0.946 bits per heavy atom. The molecule has 8 bridgehead atoms. The molecule has 0 amide bonds. The van der Waals surface area contributed by atoms with Crippen LogP contribution in [0.4, 0.5) is 93.0 Å². The van der Waals surface area contributed by atoms with Gasteiger partial charge < -0.3 is 87.6 Å². The maximum atomic E-state index is 18.2. The van der Waals surface area contributed by atoms with E-state index >= 15 is 70.2 Å². The van der Waals surface area contributed by atoms with Crippen molar-refractivity contribution in [3.05, 3.63) is 146 Å². The van der Waals surface area contributed by atoms with Gasteiger partial charge >= 0.3 is 17.1 Å². The fourth-order valence-electron chi connectivity index (χ4n) is 12.3. The van der Waals surface area contributed by atoms with E-state index in [0.717, 1.165) is 37.8 Å². The molecular formula is C60H46Cl3F16FeN12. The summed E-state index contributed by atoms with van der Waals surface area (Å²) >= 11 is 0. The molecule has 3 aromatic heterocycles. The molecule has 12 nitrogen and oxygen atoms in total. The Bertz CT molecular complexity index is 4220. The maximum Gasteiger partial charge on any atom is 3.00 e. The Morgan fingerprint density at radius 2 is 0.587 bits per heavy atom. The van der Waals surface area contributed by atoms with Crippen molar-refractivity contribution in [2.24, 2.45) is 0 Å². The van der Waals surface area contributed by atoms with E-state index in [-0.39, 0.29) is 180 Å². The van der Waals surface area contributed by atoms with Crippen molar-refractivity contribution in [3.8, 4) is 39.1 Å². The van der Waals surface area contributed by atoms with Crippen LogP contribution in [0.3, 0.4) is 0 Å². The zero-order chi connectivity index (χ0) is 61.7. The number of nitrogens with one attached hydrogen (secondary N) is 5. The van der Waals surface area contributed by atoms with Crippen molar-refractivity contribution in [3.63, 3.8) is 0 Å². The molecule has 32 heteroatoms. The van der Waals surface area contributed by atoms with E-state index in [1.54, 1.807) is 0 Å². The van der Waals surface area contributed by atoms with E-state index in [1.165, 1.54) is 30.3 Å². The number of piperazine rings is 4. The number of rotatable bonds is 8. The predicted molar refractivity (Wildman–Crippen MR) is 300 cm³/mol. The van der Waals surface area contributed by atoms with Gasteiger partial charge in [-0.05, 0) is 54.6 Å². The predicted octanol–water partition coefficient (Wildman–Crippen LogP) is 1.99. The van der Waals surface area contributed by atoms with E-state index in [9.17, 15) is 0 Å². The number of fused-ring (bicyclic) bond motifs is 8. The van der Waals surface area contributed by atoms with Gasteiger partial charge in [-0.3, -0.25) is 0 Å². The Balaban J connectivity index is 0.00000250. The van der Waals surface area contributed by atoms with Crippen LogP contribution in [0.15, 0.2) is 30.3 Å². The van der Waals surface area contributed by atoms with Crippen molar-refractivity contribution < 1.29 is 125 Å². The summed E-state index contributed by atoms with van der Waals surface area (Å²) in [6.07, 6.45) is 4.21. The summed E-state index contributed by atoms with van der Waals surface area (Å²) in [5, 5.41) is 11.5. The normalized spacial score (nSPS) is 15.7. The van der Waals surface area contributed by atoms with Gasteiger partial charge in [0.15, 0.2) is 93.1 Å². The number of aromatic nitrogens is 4. The second-order valence-corrected chi connectivity index (χ2v) is 21.4. The van der Waals surface area contributed by atoms with E-state index < -0.39 is 177 Å². The van der Waals surface area contributed by atoms with Gasteiger partial charge in [-0.25, -0.2) is 80.2 Å². The number of halogens is 19. The third-order valence-electron chi connectivity index (χ3n) is 16.3. The first-order valence-electron chi connectivity index (χ1n) is 27.8. The molecule has 4 fully saturated rings. The van der Waals surface area contributed by atoms with Crippen LogP contribution in [-0.2, 0) is 17.1 Å². The molecule has 6 aliphatic heterocycles. The molecule has 4 saturated heterocycles. The molecule has 6 aliphatic rings. The summed E-state index contributed by atoms with van der Waals surface area (Å²) in [6, 6.07) is 6.24. The smallest absolute Gasteiger partial charge is 1.00 e. The molecule has 7 aromatic rings. The van der Waals surface area contributed by atoms with Gasteiger partial charge in [-0.15, -0.1) is 0 Å². The first-order chi connectivity index (χ1) is 42.4. The summed E-state index contributed by atoms with van der Waals surface area (Å²) in [4.78, 5) is 15.3. The second kappa shape index (κ2) is 27.4. The molecule has 0 spiro atoms. The molecule has 13 rings (SSSR count).